The summed E-state index contributed by atoms with van der Waals surface area (Å²) in [5, 5.41) is 9.27. The summed E-state index contributed by atoms with van der Waals surface area (Å²) in [6.07, 6.45) is 0. The van der Waals surface area contributed by atoms with Crippen LogP contribution in [0.25, 0.3) is 0 Å². The number of hydrogen-bond acceptors (Lipinski definition) is 3. The lowest BCUT2D eigenvalue weighted by Crippen LogP contribution is -2.47. The van der Waals surface area contributed by atoms with E-state index in [4.69, 9.17) is 0 Å². The molecular formula is C13H21NO3S. The van der Waals surface area contributed by atoms with Crippen LogP contribution in [-0.4, -0.2) is 37.0 Å². The molecule has 0 aliphatic carbocycles. The number of aryl methyl sites for hydroxylation is 2. The monoisotopic (exact) mass is 271 g/mol. The van der Waals surface area contributed by atoms with Crippen molar-refractivity contribution >= 4 is 10.0 Å². The zero-order valence-electron chi connectivity index (χ0n) is 11.6. The molecule has 0 aliphatic rings. The molecular weight excluding hydrogens is 250 g/mol. The van der Waals surface area contributed by atoms with Crippen LogP contribution in [0.1, 0.15) is 25.0 Å². The van der Waals surface area contributed by atoms with Gasteiger partial charge in [0.05, 0.1) is 17.0 Å². The first kappa shape index (κ1) is 15.1. The molecule has 0 aromatic heterocycles. The number of rotatable bonds is 4. The Balaban J connectivity index is 3.26. The largest absolute Gasteiger partial charge is 0.394 e. The molecule has 0 radical (unpaired) electrons. The Morgan fingerprint density at radius 1 is 1.22 bits per heavy atom. The van der Waals surface area contributed by atoms with Crippen LogP contribution < -0.4 is 0 Å². The molecule has 0 aliphatic heterocycles. The zero-order chi connectivity index (χ0) is 14.1. The van der Waals surface area contributed by atoms with Gasteiger partial charge in [-0.25, -0.2) is 8.42 Å². The maximum absolute atomic E-state index is 12.4. The fraction of sp³-hybridized carbons (Fsp3) is 0.538. The van der Waals surface area contributed by atoms with Crippen molar-refractivity contribution in [2.45, 2.75) is 38.1 Å². The highest BCUT2D eigenvalue weighted by Gasteiger charge is 2.33. The Kier molecular flexibility index (Phi) is 4.20. The lowest BCUT2D eigenvalue weighted by Gasteiger charge is -2.32. The van der Waals surface area contributed by atoms with Crippen molar-refractivity contribution < 1.29 is 13.5 Å². The maximum atomic E-state index is 12.4. The van der Waals surface area contributed by atoms with Gasteiger partial charge in [-0.2, -0.15) is 4.31 Å². The number of likely N-dealkylation sites (N-methyl/N-ethyl adjacent to an activating group) is 1. The van der Waals surface area contributed by atoms with Crippen molar-refractivity contribution in [2.24, 2.45) is 0 Å². The van der Waals surface area contributed by atoms with Gasteiger partial charge < -0.3 is 5.11 Å². The first-order valence-corrected chi connectivity index (χ1v) is 7.24. The quantitative estimate of drug-likeness (QED) is 0.906. The van der Waals surface area contributed by atoms with Gasteiger partial charge in [-0.1, -0.05) is 6.07 Å². The number of benzene rings is 1. The van der Waals surface area contributed by atoms with Crippen molar-refractivity contribution in [3.63, 3.8) is 0 Å². The van der Waals surface area contributed by atoms with Crippen molar-refractivity contribution in [1.29, 1.82) is 0 Å². The molecule has 1 aromatic carbocycles. The van der Waals surface area contributed by atoms with Gasteiger partial charge in [0.1, 0.15) is 0 Å². The smallest absolute Gasteiger partial charge is 0.243 e. The minimum Gasteiger partial charge on any atom is -0.394 e. The van der Waals surface area contributed by atoms with Crippen molar-refractivity contribution in [1.82, 2.24) is 4.31 Å². The molecule has 0 unspecified atom stereocenters. The fourth-order valence-corrected chi connectivity index (χ4v) is 3.05. The minimum atomic E-state index is -3.57. The van der Waals surface area contributed by atoms with Crippen LogP contribution in [0.5, 0.6) is 0 Å². The van der Waals surface area contributed by atoms with Crippen LogP contribution in [0, 0.1) is 13.8 Å². The van der Waals surface area contributed by atoms with E-state index in [0.29, 0.717) is 0 Å². The number of sulfonamides is 1. The van der Waals surface area contributed by atoms with E-state index in [0.717, 1.165) is 11.1 Å². The third-order valence-electron chi connectivity index (χ3n) is 3.38. The van der Waals surface area contributed by atoms with Crippen LogP contribution in [0.2, 0.25) is 0 Å². The second kappa shape index (κ2) is 4.99. The molecule has 0 spiro atoms. The first-order chi connectivity index (χ1) is 8.13. The summed E-state index contributed by atoms with van der Waals surface area (Å²) in [5.41, 5.74) is 1.17. The summed E-state index contributed by atoms with van der Waals surface area (Å²) in [6, 6.07) is 5.05. The van der Waals surface area contributed by atoms with Crippen LogP contribution in [0.4, 0.5) is 0 Å². The normalized spacial score (nSPS) is 13.1. The van der Waals surface area contributed by atoms with Crippen LogP contribution in [-0.2, 0) is 10.0 Å². The molecule has 1 rings (SSSR count). The van der Waals surface area contributed by atoms with E-state index in [1.807, 2.05) is 13.8 Å². The highest BCUT2D eigenvalue weighted by Crippen LogP contribution is 2.23. The van der Waals surface area contributed by atoms with Crippen LogP contribution in [0.15, 0.2) is 23.1 Å². The third kappa shape index (κ3) is 2.74. The summed E-state index contributed by atoms with van der Waals surface area (Å²) in [4.78, 5) is 0.259. The van der Waals surface area contributed by atoms with Crippen molar-refractivity contribution in [2.75, 3.05) is 13.7 Å². The van der Waals surface area contributed by atoms with Gasteiger partial charge in [-0.05, 0) is 51.0 Å². The highest BCUT2D eigenvalue weighted by atomic mass is 32.2. The lowest BCUT2D eigenvalue weighted by molar-refractivity contribution is 0.138. The molecule has 18 heavy (non-hydrogen) atoms. The van der Waals surface area contributed by atoms with E-state index in [9.17, 15) is 13.5 Å². The van der Waals surface area contributed by atoms with Gasteiger partial charge in [0.25, 0.3) is 0 Å². The topological polar surface area (TPSA) is 57.6 Å². The van der Waals surface area contributed by atoms with E-state index < -0.39 is 15.6 Å². The second-order valence-corrected chi connectivity index (χ2v) is 7.16. The fourth-order valence-electron chi connectivity index (χ4n) is 1.46. The Bertz CT molecular complexity index is 535. The Morgan fingerprint density at radius 3 is 2.22 bits per heavy atom. The standard InChI is InChI=1S/C13H21NO3S/c1-10-6-7-12(8-11(10)2)18(16,17)14(5)13(3,4)9-15/h6-8,15H,9H2,1-5H3. The number of nitrogens with zero attached hydrogens (tertiary/aromatic N) is 1. The second-order valence-electron chi connectivity index (χ2n) is 5.19. The average molecular weight is 271 g/mol. The van der Waals surface area contributed by atoms with Crippen LogP contribution in [0.3, 0.4) is 0 Å². The molecule has 0 heterocycles. The van der Waals surface area contributed by atoms with E-state index in [2.05, 4.69) is 0 Å². The molecule has 0 bridgehead atoms. The molecule has 1 aromatic rings. The predicted octanol–water partition coefficient (Wildman–Crippen LogP) is 1.69. The van der Waals surface area contributed by atoms with Gasteiger partial charge >= 0.3 is 0 Å². The predicted molar refractivity (Wildman–Crippen MR) is 72.0 cm³/mol. The summed E-state index contributed by atoms with van der Waals surface area (Å²) < 4.78 is 26.0. The SMILES string of the molecule is Cc1ccc(S(=O)(=O)N(C)C(C)(C)CO)cc1C. The molecule has 4 nitrogen and oxygen atoms in total. The molecule has 0 saturated heterocycles. The molecule has 0 saturated carbocycles. The first-order valence-electron chi connectivity index (χ1n) is 5.80. The van der Waals surface area contributed by atoms with E-state index in [1.54, 1.807) is 32.0 Å². The lowest BCUT2D eigenvalue weighted by atomic mass is 10.1. The molecule has 5 heteroatoms. The molecule has 0 atom stereocenters. The van der Waals surface area contributed by atoms with Crippen molar-refractivity contribution in [3.05, 3.63) is 29.3 Å². The summed E-state index contributed by atoms with van der Waals surface area (Å²) >= 11 is 0. The highest BCUT2D eigenvalue weighted by molar-refractivity contribution is 7.89. The minimum absolute atomic E-state index is 0.229. The Morgan fingerprint density at radius 2 is 1.78 bits per heavy atom. The molecule has 102 valence electrons. The van der Waals surface area contributed by atoms with E-state index in [-0.39, 0.29) is 11.5 Å². The molecule has 1 N–H and O–H groups in total. The number of aliphatic hydroxyl groups excluding tert-OH is 1. The van der Waals surface area contributed by atoms with E-state index >= 15 is 0 Å². The van der Waals surface area contributed by atoms with Gasteiger partial charge in [0.15, 0.2) is 0 Å². The average Bonchev–Trinajstić information content (AvgIpc) is 2.31. The van der Waals surface area contributed by atoms with Crippen LogP contribution >= 0.6 is 0 Å². The van der Waals surface area contributed by atoms with Gasteiger partial charge in [-0.15, -0.1) is 0 Å². The third-order valence-corrected chi connectivity index (χ3v) is 5.44. The summed E-state index contributed by atoms with van der Waals surface area (Å²) in [5.74, 6) is 0. The Labute approximate surface area is 109 Å². The van der Waals surface area contributed by atoms with Gasteiger partial charge in [0.2, 0.25) is 10.0 Å². The molecule has 0 amide bonds. The maximum Gasteiger partial charge on any atom is 0.243 e. The zero-order valence-corrected chi connectivity index (χ0v) is 12.4. The van der Waals surface area contributed by atoms with E-state index in [1.165, 1.54) is 11.4 Å². The number of hydrogen-bond donors (Lipinski definition) is 1. The Hall–Kier alpha value is -0.910. The summed E-state index contributed by atoms with van der Waals surface area (Å²) in [6.45, 7) is 6.96. The number of aliphatic hydroxyl groups is 1. The summed E-state index contributed by atoms with van der Waals surface area (Å²) in [7, 11) is -2.09. The van der Waals surface area contributed by atoms with Gasteiger partial charge in [-0.3, -0.25) is 0 Å². The van der Waals surface area contributed by atoms with Crippen molar-refractivity contribution in [3.8, 4) is 0 Å². The van der Waals surface area contributed by atoms with Gasteiger partial charge in [0, 0.05) is 7.05 Å². The molecule has 0 fully saturated rings.